The van der Waals surface area contributed by atoms with Crippen LogP contribution in [0.3, 0.4) is 0 Å². The van der Waals surface area contributed by atoms with Crippen LogP contribution in [0.1, 0.15) is 44.8 Å². The van der Waals surface area contributed by atoms with Crippen molar-refractivity contribution in [3.63, 3.8) is 0 Å². The van der Waals surface area contributed by atoms with Crippen molar-refractivity contribution in [1.29, 1.82) is 0 Å². The third-order valence-electron chi connectivity index (χ3n) is 2.95. The Morgan fingerprint density at radius 3 is 3.06 bits per heavy atom. The number of nitrogens with one attached hydrogen (secondary N) is 1. The maximum absolute atomic E-state index is 5.68. The molecule has 0 spiro atoms. The zero-order valence-corrected chi connectivity index (χ0v) is 10.9. The van der Waals surface area contributed by atoms with Gasteiger partial charge in [-0.05, 0) is 25.8 Å². The molecule has 0 atom stereocenters. The van der Waals surface area contributed by atoms with Gasteiger partial charge in [-0.2, -0.15) is 0 Å². The standard InChI is InChI=1S/C13H23N3O/c1-11(2)15-6-3-7-17-9-13-8-14-10-16(13)12-4-5-12/h8,10-12,15H,3-7,9H2,1-2H3. The van der Waals surface area contributed by atoms with Gasteiger partial charge in [0.25, 0.3) is 0 Å². The fourth-order valence-electron chi connectivity index (χ4n) is 1.87. The molecule has 1 N–H and O–H groups in total. The Morgan fingerprint density at radius 2 is 2.35 bits per heavy atom. The van der Waals surface area contributed by atoms with Gasteiger partial charge in [-0.15, -0.1) is 0 Å². The number of ether oxygens (including phenoxy) is 1. The van der Waals surface area contributed by atoms with Crippen molar-refractivity contribution in [3.05, 3.63) is 18.2 Å². The van der Waals surface area contributed by atoms with Gasteiger partial charge in [0, 0.05) is 18.7 Å². The highest BCUT2D eigenvalue weighted by atomic mass is 16.5. The summed E-state index contributed by atoms with van der Waals surface area (Å²) in [5.74, 6) is 0. The number of rotatable bonds is 8. The van der Waals surface area contributed by atoms with Crippen molar-refractivity contribution in [1.82, 2.24) is 14.9 Å². The van der Waals surface area contributed by atoms with E-state index in [4.69, 9.17) is 4.74 Å². The van der Waals surface area contributed by atoms with Gasteiger partial charge in [0.05, 0.1) is 24.8 Å². The van der Waals surface area contributed by atoms with Crippen LogP contribution in [-0.2, 0) is 11.3 Å². The lowest BCUT2D eigenvalue weighted by Crippen LogP contribution is -2.24. The molecule has 96 valence electrons. The number of hydrogen-bond donors (Lipinski definition) is 1. The summed E-state index contributed by atoms with van der Waals surface area (Å²) in [7, 11) is 0. The van der Waals surface area contributed by atoms with Crippen LogP contribution in [0.2, 0.25) is 0 Å². The second kappa shape index (κ2) is 6.17. The van der Waals surface area contributed by atoms with Gasteiger partial charge < -0.3 is 14.6 Å². The van der Waals surface area contributed by atoms with Crippen molar-refractivity contribution in [3.8, 4) is 0 Å². The normalized spacial score (nSPS) is 15.7. The quantitative estimate of drug-likeness (QED) is 0.704. The minimum atomic E-state index is 0.561. The lowest BCUT2D eigenvalue weighted by atomic mass is 10.3. The van der Waals surface area contributed by atoms with Crippen molar-refractivity contribution >= 4 is 0 Å². The molecule has 0 radical (unpaired) electrons. The summed E-state index contributed by atoms with van der Waals surface area (Å²) >= 11 is 0. The van der Waals surface area contributed by atoms with E-state index in [0.717, 1.165) is 19.6 Å². The smallest absolute Gasteiger partial charge is 0.0951 e. The van der Waals surface area contributed by atoms with Gasteiger partial charge in [-0.25, -0.2) is 4.98 Å². The summed E-state index contributed by atoms with van der Waals surface area (Å²) in [4.78, 5) is 4.19. The molecular formula is C13H23N3O. The molecule has 1 saturated carbocycles. The van der Waals surface area contributed by atoms with E-state index in [9.17, 15) is 0 Å². The van der Waals surface area contributed by atoms with E-state index >= 15 is 0 Å². The molecule has 0 aromatic carbocycles. The maximum Gasteiger partial charge on any atom is 0.0951 e. The van der Waals surface area contributed by atoms with E-state index in [-0.39, 0.29) is 0 Å². The third kappa shape index (κ3) is 4.13. The summed E-state index contributed by atoms with van der Waals surface area (Å²) in [6, 6.07) is 1.25. The summed E-state index contributed by atoms with van der Waals surface area (Å²) in [6.45, 7) is 6.86. The molecule has 0 saturated heterocycles. The van der Waals surface area contributed by atoms with Crippen LogP contribution in [0.15, 0.2) is 12.5 Å². The molecule has 0 bridgehead atoms. The zero-order valence-electron chi connectivity index (χ0n) is 10.9. The predicted octanol–water partition coefficient (Wildman–Crippen LogP) is 2.12. The molecule has 4 heteroatoms. The molecule has 0 aliphatic heterocycles. The molecule has 1 aliphatic rings. The van der Waals surface area contributed by atoms with Crippen molar-refractivity contribution < 1.29 is 4.74 Å². The topological polar surface area (TPSA) is 39.1 Å². The lowest BCUT2D eigenvalue weighted by Gasteiger charge is -2.09. The fourth-order valence-corrected chi connectivity index (χ4v) is 1.87. The molecule has 0 amide bonds. The van der Waals surface area contributed by atoms with Gasteiger partial charge in [-0.1, -0.05) is 13.8 Å². The van der Waals surface area contributed by atoms with Crippen LogP contribution in [0, 0.1) is 0 Å². The van der Waals surface area contributed by atoms with Gasteiger partial charge in [-0.3, -0.25) is 0 Å². The number of nitrogens with zero attached hydrogens (tertiary/aromatic N) is 2. The number of hydrogen-bond acceptors (Lipinski definition) is 3. The van der Waals surface area contributed by atoms with E-state index in [1.165, 1.54) is 18.5 Å². The fraction of sp³-hybridized carbons (Fsp3) is 0.769. The summed E-state index contributed by atoms with van der Waals surface area (Å²) < 4.78 is 7.93. The van der Waals surface area contributed by atoms with Crippen LogP contribution in [0.4, 0.5) is 0 Å². The molecule has 17 heavy (non-hydrogen) atoms. The van der Waals surface area contributed by atoms with Crippen molar-refractivity contribution in [2.45, 2.75) is 51.8 Å². The van der Waals surface area contributed by atoms with Crippen LogP contribution >= 0.6 is 0 Å². The summed E-state index contributed by atoms with van der Waals surface area (Å²) in [6.07, 6.45) is 7.50. The minimum Gasteiger partial charge on any atom is -0.375 e. The average Bonchev–Trinajstić information content (AvgIpc) is 3.03. The van der Waals surface area contributed by atoms with Crippen molar-refractivity contribution in [2.24, 2.45) is 0 Å². The third-order valence-corrected chi connectivity index (χ3v) is 2.95. The first-order valence-corrected chi connectivity index (χ1v) is 6.59. The van der Waals surface area contributed by atoms with Crippen LogP contribution < -0.4 is 5.32 Å². The summed E-state index contributed by atoms with van der Waals surface area (Å²) in [5.41, 5.74) is 1.21. The van der Waals surface area contributed by atoms with E-state index in [1.54, 1.807) is 0 Å². The minimum absolute atomic E-state index is 0.561. The van der Waals surface area contributed by atoms with Crippen LogP contribution in [0.25, 0.3) is 0 Å². The molecule has 1 aromatic rings. The molecule has 1 fully saturated rings. The Balaban J connectivity index is 1.59. The highest BCUT2D eigenvalue weighted by Gasteiger charge is 2.24. The first-order chi connectivity index (χ1) is 8.27. The highest BCUT2D eigenvalue weighted by Crippen LogP contribution is 2.35. The molecule has 4 nitrogen and oxygen atoms in total. The van der Waals surface area contributed by atoms with E-state index in [1.807, 2.05) is 12.5 Å². The molecule has 1 aliphatic carbocycles. The van der Waals surface area contributed by atoms with Crippen molar-refractivity contribution in [2.75, 3.05) is 13.2 Å². The first-order valence-electron chi connectivity index (χ1n) is 6.59. The van der Waals surface area contributed by atoms with Crippen LogP contribution in [0.5, 0.6) is 0 Å². The molecule has 0 unspecified atom stereocenters. The van der Waals surface area contributed by atoms with Gasteiger partial charge in [0.15, 0.2) is 0 Å². The first kappa shape index (κ1) is 12.6. The Labute approximate surface area is 103 Å². The Bertz CT molecular complexity index is 331. The van der Waals surface area contributed by atoms with Gasteiger partial charge in [0.1, 0.15) is 0 Å². The Morgan fingerprint density at radius 1 is 1.53 bits per heavy atom. The molecule has 1 aromatic heterocycles. The maximum atomic E-state index is 5.68. The largest absolute Gasteiger partial charge is 0.375 e. The highest BCUT2D eigenvalue weighted by molar-refractivity contribution is 5.02. The number of imidazole rings is 1. The van der Waals surface area contributed by atoms with Gasteiger partial charge >= 0.3 is 0 Å². The summed E-state index contributed by atoms with van der Waals surface area (Å²) in [5, 5.41) is 3.38. The molecule has 2 rings (SSSR count). The van der Waals surface area contributed by atoms with E-state index in [0.29, 0.717) is 18.7 Å². The van der Waals surface area contributed by atoms with Gasteiger partial charge in [0.2, 0.25) is 0 Å². The predicted molar refractivity (Wildman–Crippen MR) is 67.9 cm³/mol. The second-order valence-electron chi connectivity index (χ2n) is 5.04. The monoisotopic (exact) mass is 237 g/mol. The Hall–Kier alpha value is -0.870. The second-order valence-corrected chi connectivity index (χ2v) is 5.04. The zero-order chi connectivity index (χ0) is 12.1. The SMILES string of the molecule is CC(C)NCCCOCc1cncn1C1CC1. The molecular weight excluding hydrogens is 214 g/mol. The number of aromatic nitrogens is 2. The van der Waals surface area contributed by atoms with E-state index in [2.05, 4.69) is 28.7 Å². The molecule has 1 heterocycles. The lowest BCUT2D eigenvalue weighted by molar-refractivity contribution is 0.113. The van der Waals surface area contributed by atoms with Crippen LogP contribution in [-0.4, -0.2) is 28.7 Å². The Kier molecular flexibility index (Phi) is 4.57. The average molecular weight is 237 g/mol. The van der Waals surface area contributed by atoms with E-state index < -0.39 is 0 Å².